The molecule has 1 aliphatic heterocycles. The maximum atomic E-state index is 12.4. The third kappa shape index (κ3) is 2.55. The molecule has 0 aliphatic carbocycles. The summed E-state index contributed by atoms with van der Waals surface area (Å²) in [4.78, 5) is 19.5. The van der Waals surface area contributed by atoms with Gasteiger partial charge in [0.1, 0.15) is 5.69 Å². The van der Waals surface area contributed by atoms with Crippen LogP contribution >= 0.6 is 23.1 Å². The van der Waals surface area contributed by atoms with Gasteiger partial charge in [0, 0.05) is 33.8 Å². The summed E-state index contributed by atoms with van der Waals surface area (Å²) < 4.78 is 1.67. The fourth-order valence-electron chi connectivity index (χ4n) is 2.58. The predicted octanol–water partition coefficient (Wildman–Crippen LogP) is 3.88. The molecular formula is C16H14N4OS2. The number of hydrogen-bond acceptors (Lipinski definition) is 5. The summed E-state index contributed by atoms with van der Waals surface area (Å²) in [7, 11) is 0. The van der Waals surface area contributed by atoms with Gasteiger partial charge in [0.05, 0.1) is 5.69 Å². The number of thioether (sulfide) groups is 1. The van der Waals surface area contributed by atoms with E-state index in [1.165, 1.54) is 9.77 Å². The van der Waals surface area contributed by atoms with E-state index in [1.807, 2.05) is 30.8 Å². The lowest BCUT2D eigenvalue weighted by molar-refractivity contribution is 0.101. The zero-order chi connectivity index (χ0) is 15.8. The van der Waals surface area contributed by atoms with Crippen LogP contribution in [0, 0.1) is 0 Å². The molecule has 1 amide bonds. The number of amides is 1. The Morgan fingerprint density at radius 3 is 3.09 bits per heavy atom. The van der Waals surface area contributed by atoms with Gasteiger partial charge in [-0.25, -0.2) is 4.98 Å². The summed E-state index contributed by atoms with van der Waals surface area (Å²) in [6, 6.07) is 9.97. The first kappa shape index (κ1) is 14.5. The third-order valence-electron chi connectivity index (χ3n) is 3.67. The Labute approximate surface area is 141 Å². The first-order valence-corrected chi connectivity index (χ1v) is 9.11. The van der Waals surface area contributed by atoms with Crippen molar-refractivity contribution in [3.63, 3.8) is 0 Å². The van der Waals surface area contributed by atoms with Crippen LogP contribution < -0.4 is 5.32 Å². The minimum Gasteiger partial charge on any atom is -0.296 e. The Kier molecular flexibility index (Phi) is 3.66. The number of carbonyl (C=O) groups is 1. The maximum Gasteiger partial charge on any atom is 0.275 e. The zero-order valence-corrected chi connectivity index (χ0v) is 14.1. The normalized spacial score (nSPS) is 12.6. The van der Waals surface area contributed by atoms with Crippen molar-refractivity contribution in [3.8, 4) is 11.3 Å². The first-order valence-electron chi connectivity index (χ1n) is 7.31. The van der Waals surface area contributed by atoms with E-state index in [4.69, 9.17) is 0 Å². The summed E-state index contributed by atoms with van der Waals surface area (Å²) in [5.74, 6) is 0.726. The van der Waals surface area contributed by atoms with E-state index in [1.54, 1.807) is 28.3 Å². The fourth-order valence-corrected chi connectivity index (χ4v) is 4.68. The van der Waals surface area contributed by atoms with E-state index in [-0.39, 0.29) is 5.91 Å². The molecule has 7 heteroatoms. The van der Waals surface area contributed by atoms with E-state index < -0.39 is 0 Å². The number of aromatic nitrogens is 3. The lowest BCUT2D eigenvalue weighted by atomic mass is 10.1. The molecule has 1 aromatic carbocycles. The highest BCUT2D eigenvalue weighted by Crippen LogP contribution is 2.44. The molecule has 4 rings (SSSR count). The second-order valence-electron chi connectivity index (χ2n) is 5.06. The molecule has 1 aliphatic rings. The average Bonchev–Trinajstić information content (AvgIpc) is 3.20. The quantitative estimate of drug-likeness (QED) is 0.784. The van der Waals surface area contributed by atoms with Crippen LogP contribution in [0.2, 0.25) is 0 Å². The van der Waals surface area contributed by atoms with Gasteiger partial charge in [-0.2, -0.15) is 5.10 Å². The van der Waals surface area contributed by atoms with Crippen LogP contribution in [-0.2, 0) is 12.3 Å². The molecule has 1 N–H and O–H groups in total. The molecule has 116 valence electrons. The molecule has 2 aromatic heterocycles. The number of anilines is 1. The van der Waals surface area contributed by atoms with Gasteiger partial charge in [-0.1, -0.05) is 18.2 Å². The van der Waals surface area contributed by atoms with E-state index >= 15 is 0 Å². The number of fused-ring (bicyclic) bond motifs is 3. The number of benzene rings is 1. The minimum absolute atomic E-state index is 0.170. The van der Waals surface area contributed by atoms with Crippen LogP contribution in [0.4, 0.5) is 5.13 Å². The van der Waals surface area contributed by atoms with Crippen molar-refractivity contribution >= 4 is 34.1 Å². The van der Waals surface area contributed by atoms with Crippen LogP contribution in [0.15, 0.2) is 41.4 Å². The number of nitrogens with one attached hydrogen (secondary N) is 1. The first-order chi connectivity index (χ1) is 11.3. The van der Waals surface area contributed by atoms with Crippen molar-refractivity contribution in [1.82, 2.24) is 14.8 Å². The van der Waals surface area contributed by atoms with E-state index in [9.17, 15) is 4.79 Å². The van der Waals surface area contributed by atoms with Crippen LogP contribution in [0.25, 0.3) is 11.3 Å². The number of carbonyl (C=O) groups excluding carboxylic acids is 1. The van der Waals surface area contributed by atoms with Crippen molar-refractivity contribution < 1.29 is 4.79 Å². The van der Waals surface area contributed by atoms with E-state index in [0.717, 1.165) is 17.0 Å². The lowest BCUT2D eigenvalue weighted by Gasteiger charge is -2.13. The Morgan fingerprint density at radius 2 is 2.22 bits per heavy atom. The second-order valence-corrected chi connectivity index (χ2v) is 7.16. The monoisotopic (exact) mass is 342 g/mol. The number of hydrogen-bond donors (Lipinski definition) is 1. The topological polar surface area (TPSA) is 59.8 Å². The second kappa shape index (κ2) is 5.82. The summed E-state index contributed by atoms with van der Waals surface area (Å²) in [6.45, 7) is 2.62. The van der Waals surface area contributed by atoms with Gasteiger partial charge in [0.25, 0.3) is 5.91 Å². The van der Waals surface area contributed by atoms with Crippen LogP contribution in [0.3, 0.4) is 0 Å². The molecule has 5 nitrogen and oxygen atoms in total. The summed E-state index contributed by atoms with van der Waals surface area (Å²) in [5.41, 5.74) is 2.69. The smallest absolute Gasteiger partial charge is 0.275 e. The molecule has 23 heavy (non-hydrogen) atoms. The van der Waals surface area contributed by atoms with Gasteiger partial charge in [-0.05, 0) is 19.1 Å². The number of rotatable bonds is 3. The van der Waals surface area contributed by atoms with E-state index in [2.05, 4.69) is 27.5 Å². The number of aryl methyl sites for hydroxylation is 1. The van der Waals surface area contributed by atoms with Gasteiger partial charge in [0.2, 0.25) is 0 Å². The van der Waals surface area contributed by atoms with Gasteiger partial charge in [-0.3, -0.25) is 14.8 Å². The van der Waals surface area contributed by atoms with Crippen molar-refractivity contribution in [2.75, 3.05) is 5.32 Å². The highest BCUT2D eigenvalue weighted by molar-refractivity contribution is 7.98. The molecule has 0 saturated carbocycles. The Morgan fingerprint density at radius 1 is 1.35 bits per heavy atom. The van der Waals surface area contributed by atoms with Crippen LogP contribution in [0.1, 0.15) is 22.3 Å². The van der Waals surface area contributed by atoms with Gasteiger partial charge in [0.15, 0.2) is 5.13 Å². The summed E-state index contributed by atoms with van der Waals surface area (Å²) in [5, 5.41) is 7.67. The van der Waals surface area contributed by atoms with Crippen molar-refractivity contribution in [2.45, 2.75) is 24.1 Å². The molecular weight excluding hydrogens is 328 g/mol. The molecule has 0 atom stereocenters. The minimum atomic E-state index is -0.170. The standard InChI is InChI=1S/C16H14N4OS2/c1-2-20-11(7-8-17-20)15(21)19-16-18-14-10-5-3-4-6-12(10)22-9-13(14)23-16/h3-8H,2,9H2,1H3,(H,18,19,21). The SMILES string of the molecule is CCn1nccc1C(=O)Nc1nc2c(s1)CSc1ccccc1-2. The van der Waals surface area contributed by atoms with Crippen molar-refractivity contribution in [3.05, 3.63) is 47.1 Å². The fraction of sp³-hybridized carbons (Fsp3) is 0.188. The summed E-state index contributed by atoms with van der Waals surface area (Å²) in [6.07, 6.45) is 1.64. The average molecular weight is 342 g/mol. The Hall–Kier alpha value is -2.12. The van der Waals surface area contributed by atoms with Crippen LogP contribution in [-0.4, -0.2) is 20.7 Å². The Balaban J connectivity index is 1.63. The molecule has 0 radical (unpaired) electrons. The van der Waals surface area contributed by atoms with Gasteiger partial charge < -0.3 is 0 Å². The predicted molar refractivity (Wildman–Crippen MR) is 93.0 cm³/mol. The molecule has 0 unspecified atom stereocenters. The highest BCUT2D eigenvalue weighted by atomic mass is 32.2. The third-order valence-corrected chi connectivity index (χ3v) is 5.92. The maximum absolute atomic E-state index is 12.4. The summed E-state index contributed by atoms with van der Waals surface area (Å²) >= 11 is 3.36. The van der Waals surface area contributed by atoms with Crippen molar-refractivity contribution in [1.29, 1.82) is 0 Å². The molecule has 0 saturated heterocycles. The number of nitrogens with zero attached hydrogens (tertiary/aromatic N) is 3. The van der Waals surface area contributed by atoms with Crippen molar-refractivity contribution in [2.24, 2.45) is 0 Å². The molecule has 0 fully saturated rings. The van der Waals surface area contributed by atoms with Gasteiger partial charge in [-0.15, -0.1) is 23.1 Å². The lowest BCUT2D eigenvalue weighted by Crippen LogP contribution is -2.17. The van der Waals surface area contributed by atoms with Gasteiger partial charge >= 0.3 is 0 Å². The number of thiazole rings is 1. The van der Waals surface area contributed by atoms with Crippen LogP contribution in [0.5, 0.6) is 0 Å². The van der Waals surface area contributed by atoms with E-state index in [0.29, 0.717) is 17.4 Å². The molecule has 3 aromatic rings. The zero-order valence-electron chi connectivity index (χ0n) is 12.4. The highest BCUT2D eigenvalue weighted by Gasteiger charge is 2.22. The molecule has 3 heterocycles. The largest absolute Gasteiger partial charge is 0.296 e. The Bertz CT molecular complexity index is 884. The molecule has 0 spiro atoms. The molecule has 0 bridgehead atoms.